The van der Waals surface area contributed by atoms with E-state index in [0.29, 0.717) is 21.8 Å². The Labute approximate surface area is 240 Å². The van der Waals surface area contributed by atoms with E-state index in [2.05, 4.69) is 26.0 Å². The molecule has 1 fully saturated rings. The van der Waals surface area contributed by atoms with Crippen molar-refractivity contribution >= 4 is 80.0 Å². The molecule has 0 saturated carbocycles. The van der Waals surface area contributed by atoms with Crippen LogP contribution in [0, 0.1) is 0 Å². The number of hydrogen-bond donors (Lipinski definition) is 1. The number of benzene rings is 2. The van der Waals surface area contributed by atoms with Crippen LogP contribution in [0.4, 0.5) is 10.5 Å². The Morgan fingerprint density at radius 2 is 1.90 bits per heavy atom. The van der Waals surface area contributed by atoms with Crippen molar-refractivity contribution in [3.05, 3.63) is 55.9 Å². The normalized spacial score (nSPS) is 13.9. The van der Waals surface area contributed by atoms with Crippen LogP contribution in [-0.2, 0) is 23.9 Å². The summed E-state index contributed by atoms with van der Waals surface area (Å²) >= 11 is 10.0. The first kappa shape index (κ1) is 30.0. The smallest absolute Gasteiger partial charge is 0.344 e. The van der Waals surface area contributed by atoms with E-state index in [1.165, 1.54) is 38.5 Å². The van der Waals surface area contributed by atoms with Gasteiger partial charge in [0.2, 0.25) is 5.91 Å². The molecule has 0 unspecified atom stereocenters. The molecule has 0 bridgehead atoms. The largest absolute Gasteiger partial charge is 0.493 e. The molecular formula is C25H22BrClN2O9S. The van der Waals surface area contributed by atoms with E-state index in [4.69, 9.17) is 25.8 Å². The summed E-state index contributed by atoms with van der Waals surface area (Å²) in [6, 6.07) is 7.37. The molecule has 14 heteroatoms. The van der Waals surface area contributed by atoms with Gasteiger partial charge in [-0.2, -0.15) is 0 Å². The average molecular weight is 642 g/mol. The molecule has 0 spiro atoms. The van der Waals surface area contributed by atoms with Gasteiger partial charge in [-0.25, -0.2) is 9.59 Å². The molecule has 3 amide bonds. The monoisotopic (exact) mass is 640 g/mol. The van der Waals surface area contributed by atoms with Gasteiger partial charge in [-0.05, 0) is 76.6 Å². The highest BCUT2D eigenvalue weighted by molar-refractivity contribution is 9.10. The van der Waals surface area contributed by atoms with E-state index in [9.17, 15) is 24.0 Å². The summed E-state index contributed by atoms with van der Waals surface area (Å²) in [5, 5.41) is 2.03. The van der Waals surface area contributed by atoms with Crippen LogP contribution in [0.1, 0.15) is 22.8 Å². The number of carbonyl (C=O) groups is 5. The lowest BCUT2D eigenvalue weighted by molar-refractivity contribution is -0.145. The van der Waals surface area contributed by atoms with Crippen molar-refractivity contribution in [2.75, 3.05) is 39.3 Å². The molecule has 1 N–H and O–H groups in total. The summed E-state index contributed by atoms with van der Waals surface area (Å²) in [4.78, 5) is 62.3. The van der Waals surface area contributed by atoms with Crippen molar-refractivity contribution in [1.29, 1.82) is 0 Å². The molecule has 39 heavy (non-hydrogen) atoms. The SMILES string of the molecule is CCOC(=O)COc1c(Br)cc(/C=C2\SC(=O)N(CC(=O)Nc3ccc(Cl)c(C(=O)OC)c3)C2=O)cc1OC. The molecule has 0 atom stereocenters. The number of methoxy groups -OCH3 is 2. The zero-order chi connectivity index (χ0) is 28.7. The van der Waals surface area contributed by atoms with Crippen LogP contribution in [0.25, 0.3) is 6.08 Å². The average Bonchev–Trinajstić information content (AvgIpc) is 3.15. The van der Waals surface area contributed by atoms with Gasteiger partial charge in [0.15, 0.2) is 18.1 Å². The molecule has 1 aliphatic heterocycles. The Kier molecular flexibility index (Phi) is 10.4. The van der Waals surface area contributed by atoms with E-state index >= 15 is 0 Å². The van der Waals surface area contributed by atoms with Crippen molar-refractivity contribution in [3.63, 3.8) is 0 Å². The molecule has 0 radical (unpaired) electrons. The molecule has 1 saturated heterocycles. The predicted molar refractivity (Wildman–Crippen MR) is 147 cm³/mol. The van der Waals surface area contributed by atoms with Gasteiger partial charge in [0.25, 0.3) is 11.1 Å². The van der Waals surface area contributed by atoms with E-state index < -0.39 is 35.5 Å². The quantitative estimate of drug-likeness (QED) is 0.291. The number of halogens is 2. The number of nitrogens with zero attached hydrogens (tertiary/aromatic N) is 1. The second-order valence-corrected chi connectivity index (χ2v) is 9.88. The molecule has 11 nitrogen and oxygen atoms in total. The summed E-state index contributed by atoms with van der Waals surface area (Å²) in [5.74, 6) is -2.03. The highest BCUT2D eigenvalue weighted by Gasteiger charge is 2.36. The number of imide groups is 1. The zero-order valence-electron chi connectivity index (χ0n) is 20.9. The number of ether oxygens (including phenoxy) is 4. The number of hydrogen-bond acceptors (Lipinski definition) is 10. The zero-order valence-corrected chi connectivity index (χ0v) is 24.0. The Balaban J connectivity index is 1.72. The van der Waals surface area contributed by atoms with Crippen molar-refractivity contribution in [3.8, 4) is 11.5 Å². The number of anilines is 1. The lowest BCUT2D eigenvalue weighted by Crippen LogP contribution is -2.36. The molecule has 3 rings (SSSR count). The van der Waals surface area contributed by atoms with Gasteiger partial charge >= 0.3 is 11.9 Å². The molecular weight excluding hydrogens is 620 g/mol. The molecule has 0 aromatic heterocycles. The predicted octanol–water partition coefficient (Wildman–Crippen LogP) is 4.51. The van der Waals surface area contributed by atoms with Crippen LogP contribution < -0.4 is 14.8 Å². The summed E-state index contributed by atoms with van der Waals surface area (Å²) < 4.78 is 20.8. The summed E-state index contributed by atoms with van der Waals surface area (Å²) in [5.41, 5.74) is 0.771. The van der Waals surface area contributed by atoms with Gasteiger partial charge in [-0.15, -0.1) is 0 Å². The highest BCUT2D eigenvalue weighted by Crippen LogP contribution is 2.39. The van der Waals surface area contributed by atoms with Crippen LogP contribution in [0.15, 0.2) is 39.7 Å². The first-order chi connectivity index (χ1) is 18.6. The van der Waals surface area contributed by atoms with Gasteiger partial charge in [-0.1, -0.05) is 11.6 Å². The van der Waals surface area contributed by atoms with E-state index in [1.54, 1.807) is 19.1 Å². The third-order valence-electron chi connectivity index (χ3n) is 5.02. The van der Waals surface area contributed by atoms with Crippen LogP contribution in [0.5, 0.6) is 11.5 Å². The number of rotatable bonds is 10. The molecule has 2 aromatic rings. The van der Waals surface area contributed by atoms with Gasteiger partial charge in [0.1, 0.15) is 6.54 Å². The fraction of sp³-hybridized carbons (Fsp3) is 0.240. The third-order valence-corrected chi connectivity index (χ3v) is 6.85. The highest BCUT2D eigenvalue weighted by atomic mass is 79.9. The third kappa shape index (κ3) is 7.52. The van der Waals surface area contributed by atoms with Crippen LogP contribution in [0.3, 0.4) is 0 Å². The van der Waals surface area contributed by atoms with Crippen molar-refractivity contribution in [1.82, 2.24) is 4.90 Å². The molecule has 1 heterocycles. The van der Waals surface area contributed by atoms with Gasteiger partial charge in [0.05, 0.1) is 40.8 Å². The van der Waals surface area contributed by atoms with Crippen molar-refractivity contribution in [2.24, 2.45) is 0 Å². The minimum Gasteiger partial charge on any atom is -0.493 e. The van der Waals surface area contributed by atoms with Crippen molar-refractivity contribution in [2.45, 2.75) is 6.92 Å². The molecule has 2 aromatic carbocycles. The Bertz CT molecular complexity index is 1370. The number of esters is 2. The lowest BCUT2D eigenvalue weighted by Gasteiger charge is -2.14. The van der Waals surface area contributed by atoms with E-state index in [0.717, 1.165) is 4.90 Å². The van der Waals surface area contributed by atoms with Crippen molar-refractivity contribution < 1.29 is 42.9 Å². The maximum Gasteiger partial charge on any atom is 0.344 e. The van der Waals surface area contributed by atoms with Gasteiger partial charge < -0.3 is 24.3 Å². The molecule has 206 valence electrons. The lowest BCUT2D eigenvalue weighted by atomic mass is 10.2. The fourth-order valence-electron chi connectivity index (χ4n) is 3.30. The summed E-state index contributed by atoms with van der Waals surface area (Å²) in [6.07, 6.45) is 1.47. The van der Waals surface area contributed by atoms with Crippen LogP contribution in [-0.4, -0.2) is 67.9 Å². The Hall–Kier alpha value is -3.55. The minimum absolute atomic E-state index is 0.0463. The van der Waals surface area contributed by atoms with E-state index in [-0.39, 0.29) is 45.9 Å². The van der Waals surface area contributed by atoms with Gasteiger partial charge in [0, 0.05) is 5.69 Å². The number of amides is 3. The maximum absolute atomic E-state index is 12.9. The first-order valence-corrected chi connectivity index (χ1v) is 13.2. The van der Waals surface area contributed by atoms with Crippen LogP contribution >= 0.6 is 39.3 Å². The summed E-state index contributed by atoms with van der Waals surface area (Å²) in [7, 11) is 2.60. The Morgan fingerprint density at radius 3 is 2.56 bits per heavy atom. The molecule has 1 aliphatic rings. The summed E-state index contributed by atoms with van der Waals surface area (Å²) in [6.45, 7) is 1.02. The Morgan fingerprint density at radius 1 is 1.15 bits per heavy atom. The number of carbonyl (C=O) groups excluding carboxylic acids is 5. The van der Waals surface area contributed by atoms with Crippen LogP contribution in [0.2, 0.25) is 5.02 Å². The molecule has 0 aliphatic carbocycles. The number of nitrogens with one attached hydrogen (secondary N) is 1. The standard InChI is InChI=1S/C25H22BrClN2O9S/c1-4-37-21(31)12-38-22-16(26)7-13(8-18(22)35-2)9-19-23(32)29(25(34)39-19)11-20(30)28-14-5-6-17(27)15(10-14)24(33)36-3/h5-10H,4,11-12H2,1-3H3,(H,28,30)/b19-9-. The first-order valence-electron chi connectivity index (χ1n) is 11.2. The topological polar surface area (TPSA) is 138 Å². The maximum atomic E-state index is 12.9. The minimum atomic E-state index is -0.686. The fourth-order valence-corrected chi connectivity index (χ4v) is 4.91. The number of thioether (sulfide) groups is 1. The van der Waals surface area contributed by atoms with Gasteiger partial charge in [-0.3, -0.25) is 19.3 Å². The second-order valence-electron chi connectivity index (χ2n) is 7.63. The van der Waals surface area contributed by atoms with E-state index in [1.807, 2.05) is 0 Å². The second kappa shape index (κ2) is 13.5.